The first-order chi connectivity index (χ1) is 9.08. The summed E-state index contributed by atoms with van der Waals surface area (Å²) >= 11 is 0. The molecule has 1 aliphatic carbocycles. The summed E-state index contributed by atoms with van der Waals surface area (Å²) in [6, 6.07) is 9.17. The highest BCUT2D eigenvalue weighted by molar-refractivity contribution is 5.37. The second kappa shape index (κ2) is 6.04. The van der Waals surface area contributed by atoms with Gasteiger partial charge >= 0.3 is 0 Å². The van der Waals surface area contributed by atoms with E-state index in [1.165, 1.54) is 11.1 Å². The molecule has 0 amide bonds. The van der Waals surface area contributed by atoms with Gasteiger partial charge in [0.1, 0.15) is 0 Å². The fourth-order valence-corrected chi connectivity index (χ4v) is 3.11. The third kappa shape index (κ3) is 3.16. The van der Waals surface area contributed by atoms with E-state index < -0.39 is 0 Å². The quantitative estimate of drug-likeness (QED) is 0.827. The van der Waals surface area contributed by atoms with Crippen LogP contribution in [0.1, 0.15) is 37.4 Å². The van der Waals surface area contributed by atoms with E-state index in [-0.39, 0.29) is 18.1 Å². The minimum atomic E-state index is 0.190. The molecule has 106 valence electrons. The Balaban J connectivity index is 2.17. The summed E-state index contributed by atoms with van der Waals surface area (Å²) < 4.78 is 5.25. The summed E-state index contributed by atoms with van der Waals surface area (Å²) in [6.45, 7) is 5.42. The first kappa shape index (κ1) is 14.5. The fourth-order valence-electron chi connectivity index (χ4n) is 3.11. The van der Waals surface area contributed by atoms with Gasteiger partial charge in [-0.25, -0.2) is 0 Å². The maximum atomic E-state index is 9.17. The smallest absolute Gasteiger partial charge is 0.0616 e. The average Bonchev–Trinajstić information content (AvgIpc) is 2.61. The SMILES string of the molecule is COCC(CCO)NC1c2ccccc2CC1(C)C. The average molecular weight is 263 g/mol. The van der Waals surface area contributed by atoms with E-state index in [9.17, 15) is 0 Å². The predicted molar refractivity (Wildman–Crippen MR) is 77.2 cm³/mol. The Morgan fingerprint density at radius 1 is 1.42 bits per heavy atom. The highest BCUT2D eigenvalue weighted by atomic mass is 16.5. The van der Waals surface area contributed by atoms with Crippen molar-refractivity contribution in [2.75, 3.05) is 20.3 Å². The lowest BCUT2D eigenvalue weighted by atomic mass is 9.85. The predicted octanol–water partition coefficient (Wildman–Crippen LogP) is 2.30. The normalized spacial score (nSPS) is 22.2. The van der Waals surface area contributed by atoms with Gasteiger partial charge in [-0.05, 0) is 29.4 Å². The second-order valence-corrected chi connectivity index (χ2v) is 6.13. The van der Waals surface area contributed by atoms with Crippen molar-refractivity contribution in [3.63, 3.8) is 0 Å². The van der Waals surface area contributed by atoms with Crippen LogP contribution in [0.3, 0.4) is 0 Å². The fraction of sp³-hybridized carbons (Fsp3) is 0.625. The van der Waals surface area contributed by atoms with E-state index in [4.69, 9.17) is 9.84 Å². The minimum Gasteiger partial charge on any atom is -0.396 e. The number of hydrogen-bond donors (Lipinski definition) is 2. The lowest BCUT2D eigenvalue weighted by molar-refractivity contribution is 0.127. The molecule has 3 nitrogen and oxygen atoms in total. The molecule has 0 aliphatic heterocycles. The molecular weight excluding hydrogens is 238 g/mol. The van der Waals surface area contributed by atoms with E-state index in [2.05, 4.69) is 43.4 Å². The van der Waals surface area contributed by atoms with Gasteiger partial charge in [-0.15, -0.1) is 0 Å². The summed E-state index contributed by atoms with van der Waals surface area (Å²) in [4.78, 5) is 0. The number of benzene rings is 1. The van der Waals surface area contributed by atoms with Crippen molar-refractivity contribution in [1.29, 1.82) is 0 Å². The minimum absolute atomic E-state index is 0.190. The Bertz CT molecular complexity index is 411. The van der Waals surface area contributed by atoms with E-state index in [0.29, 0.717) is 12.6 Å². The molecule has 0 fully saturated rings. The highest BCUT2D eigenvalue weighted by Crippen LogP contribution is 2.45. The van der Waals surface area contributed by atoms with Crippen molar-refractivity contribution >= 4 is 0 Å². The van der Waals surface area contributed by atoms with Crippen molar-refractivity contribution in [2.24, 2.45) is 5.41 Å². The lowest BCUT2D eigenvalue weighted by Gasteiger charge is -2.32. The van der Waals surface area contributed by atoms with Crippen LogP contribution in [0.25, 0.3) is 0 Å². The first-order valence-corrected chi connectivity index (χ1v) is 7.02. The molecule has 19 heavy (non-hydrogen) atoms. The van der Waals surface area contributed by atoms with Crippen LogP contribution >= 0.6 is 0 Å². The van der Waals surface area contributed by atoms with E-state index in [1.54, 1.807) is 7.11 Å². The number of fused-ring (bicyclic) bond motifs is 1. The van der Waals surface area contributed by atoms with Crippen molar-refractivity contribution in [1.82, 2.24) is 5.32 Å². The van der Waals surface area contributed by atoms with Crippen molar-refractivity contribution < 1.29 is 9.84 Å². The van der Waals surface area contributed by atoms with E-state index >= 15 is 0 Å². The van der Waals surface area contributed by atoms with Crippen LogP contribution in [0, 0.1) is 5.41 Å². The van der Waals surface area contributed by atoms with Gasteiger partial charge in [0, 0.05) is 25.8 Å². The van der Waals surface area contributed by atoms with Crippen LogP contribution < -0.4 is 5.32 Å². The number of aliphatic hydroxyl groups excluding tert-OH is 1. The van der Waals surface area contributed by atoms with Crippen molar-refractivity contribution in [3.05, 3.63) is 35.4 Å². The van der Waals surface area contributed by atoms with Crippen molar-refractivity contribution in [3.8, 4) is 0 Å². The van der Waals surface area contributed by atoms with Crippen LogP contribution in [0.5, 0.6) is 0 Å². The molecule has 0 saturated carbocycles. The zero-order valence-electron chi connectivity index (χ0n) is 12.1. The van der Waals surface area contributed by atoms with Gasteiger partial charge in [0.05, 0.1) is 6.61 Å². The molecule has 1 aromatic carbocycles. The number of rotatable bonds is 6. The standard InChI is InChI=1S/C16H25NO2/c1-16(2)10-12-6-4-5-7-14(12)15(16)17-13(8-9-18)11-19-3/h4-7,13,15,17-18H,8-11H2,1-3H3. The number of nitrogens with one attached hydrogen (secondary N) is 1. The summed E-state index contributed by atoms with van der Waals surface area (Å²) in [6.07, 6.45) is 1.82. The summed E-state index contributed by atoms with van der Waals surface area (Å²) in [5.74, 6) is 0. The number of methoxy groups -OCH3 is 1. The maximum absolute atomic E-state index is 9.17. The molecular formula is C16H25NO2. The summed E-state index contributed by atoms with van der Waals surface area (Å²) in [7, 11) is 1.71. The van der Waals surface area contributed by atoms with Gasteiger partial charge in [-0.1, -0.05) is 38.1 Å². The number of aliphatic hydroxyl groups is 1. The van der Waals surface area contributed by atoms with Crippen LogP contribution in [0.4, 0.5) is 0 Å². The molecule has 3 heteroatoms. The Labute approximate surface area is 116 Å². The maximum Gasteiger partial charge on any atom is 0.0616 e. The molecule has 2 rings (SSSR count). The molecule has 0 radical (unpaired) electrons. The number of ether oxygens (including phenoxy) is 1. The molecule has 2 N–H and O–H groups in total. The first-order valence-electron chi connectivity index (χ1n) is 7.02. The third-order valence-corrected chi connectivity index (χ3v) is 4.04. The molecule has 0 heterocycles. The van der Waals surface area contributed by atoms with Crippen LogP contribution in [0.15, 0.2) is 24.3 Å². The molecule has 2 atom stereocenters. The van der Waals surface area contributed by atoms with Crippen LogP contribution in [-0.4, -0.2) is 31.5 Å². The molecule has 1 aliphatic rings. The van der Waals surface area contributed by atoms with Gasteiger partial charge in [0.15, 0.2) is 0 Å². The monoisotopic (exact) mass is 263 g/mol. The zero-order chi connectivity index (χ0) is 13.9. The largest absolute Gasteiger partial charge is 0.396 e. The second-order valence-electron chi connectivity index (χ2n) is 6.13. The molecule has 0 bridgehead atoms. The zero-order valence-corrected chi connectivity index (χ0v) is 12.1. The highest BCUT2D eigenvalue weighted by Gasteiger charge is 2.39. The topological polar surface area (TPSA) is 41.5 Å². The van der Waals surface area contributed by atoms with Crippen LogP contribution in [0.2, 0.25) is 0 Å². The lowest BCUT2D eigenvalue weighted by Crippen LogP contribution is -2.41. The Kier molecular flexibility index (Phi) is 4.61. The van der Waals surface area contributed by atoms with Gasteiger partial charge in [0.2, 0.25) is 0 Å². The molecule has 2 unspecified atom stereocenters. The molecule has 0 saturated heterocycles. The Morgan fingerprint density at radius 2 is 2.16 bits per heavy atom. The number of hydrogen-bond acceptors (Lipinski definition) is 3. The molecule has 0 spiro atoms. The Morgan fingerprint density at radius 3 is 2.84 bits per heavy atom. The summed E-state index contributed by atoms with van der Waals surface area (Å²) in [5.41, 5.74) is 3.03. The van der Waals surface area contributed by atoms with E-state index in [0.717, 1.165) is 12.8 Å². The van der Waals surface area contributed by atoms with E-state index in [1.807, 2.05) is 0 Å². The van der Waals surface area contributed by atoms with Gasteiger partial charge < -0.3 is 15.2 Å². The summed E-state index contributed by atoms with van der Waals surface area (Å²) in [5, 5.41) is 12.8. The van der Waals surface area contributed by atoms with Gasteiger partial charge in [-0.2, -0.15) is 0 Å². The van der Waals surface area contributed by atoms with Crippen molar-refractivity contribution in [2.45, 2.75) is 38.8 Å². The van der Waals surface area contributed by atoms with Gasteiger partial charge in [0.25, 0.3) is 0 Å². The van der Waals surface area contributed by atoms with Crippen LogP contribution in [-0.2, 0) is 11.2 Å². The van der Waals surface area contributed by atoms with Gasteiger partial charge in [-0.3, -0.25) is 0 Å². The third-order valence-electron chi connectivity index (χ3n) is 4.04. The molecule has 1 aromatic rings. The molecule has 0 aromatic heterocycles. The Hall–Kier alpha value is -0.900.